The fourth-order valence-corrected chi connectivity index (χ4v) is 2.83. The SMILES string of the molecule is COc1cc(C(=O)N2C[C@H](C)C(=O)C[C@@H]2C)cc(OC)c1OC. The predicted octanol–water partition coefficient (Wildman–Crippen LogP) is 2.15. The molecule has 0 saturated carbocycles. The van der Waals surface area contributed by atoms with E-state index in [1.165, 1.54) is 21.3 Å². The van der Waals surface area contributed by atoms with E-state index in [-0.39, 0.29) is 23.7 Å². The molecule has 1 saturated heterocycles. The molecule has 2 atom stereocenters. The van der Waals surface area contributed by atoms with E-state index in [1.807, 2.05) is 13.8 Å². The molecular weight excluding hydrogens is 298 g/mol. The van der Waals surface area contributed by atoms with Crippen LogP contribution in [0.4, 0.5) is 0 Å². The van der Waals surface area contributed by atoms with E-state index < -0.39 is 0 Å². The molecule has 0 N–H and O–H groups in total. The minimum Gasteiger partial charge on any atom is -0.493 e. The lowest BCUT2D eigenvalue weighted by molar-refractivity contribution is -0.126. The topological polar surface area (TPSA) is 65.1 Å². The summed E-state index contributed by atoms with van der Waals surface area (Å²) >= 11 is 0. The number of benzene rings is 1. The molecule has 1 heterocycles. The molecule has 0 aromatic heterocycles. The second-order valence-corrected chi connectivity index (χ2v) is 5.79. The van der Waals surface area contributed by atoms with Crippen molar-refractivity contribution in [2.45, 2.75) is 26.3 Å². The number of ketones is 1. The molecule has 23 heavy (non-hydrogen) atoms. The zero-order valence-corrected chi connectivity index (χ0v) is 14.2. The molecule has 0 radical (unpaired) electrons. The van der Waals surface area contributed by atoms with E-state index in [0.29, 0.717) is 35.8 Å². The van der Waals surface area contributed by atoms with Gasteiger partial charge in [0.2, 0.25) is 5.75 Å². The predicted molar refractivity (Wildman–Crippen MR) is 85.4 cm³/mol. The minimum absolute atomic E-state index is 0.120. The van der Waals surface area contributed by atoms with Gasteiger partial charge in [-0.25, -0.2) is 0 Å². The highest BCUT2D eigenvalue weighted by molar-refractivity contribution is 5.97. The zero-order valence-electron chi connectivity index (χ0n) is 14.2. The maximum atomic E-state index is 12.9. The van der Waals surface area contributed by atoms with Crippen molar-refractivity contribution in [2.75, 3.05) is 27.9 Å². The summed E-state index contributed by atoms with van der Waals surface area (Å²) in [5.41, 5.74) is 0.452. The smallest absolute Gasteiger partial charge is 0.254 e. The normalized spacial score (nSPS) is 21.1. The Morgan fingerprint density at radius 3 is 2.13 bits per heavy atom. The molecule has 0 spiro atoms. The Morgan fingerprint density at radius 2 is 1.65 bits per heavy atom. The van der Waals surface area contributed by atoms with Crippen molar-refractivity contribution in [3.8, 4) is 17.2 Å². The van der Waals surface area contributed by atoms with Crippen LogP contribution in [0.2, 0.25) is 0 Å². The molecule has 1 aliphatic heterocycles. The van der Waals surface area contributed by atoms with Gasteiger partial charge in [-0.1, -0.05) is 6.92 Å². The van der Waals surface area contributed by atoms with Crippen molar-refractivity contribution in [3.05, 3.63) is 17.7 Å². The molecule has 126 valence electrons. The molecule has 6 nitrogen and oxygen atoms in total. The zero-order chi connectivity index (χ0) is 17.1. The van der Waals surface area contributed by atoms with Gasteiger partial charge in [0.25, 0.3) is 5.91 Å². The van der Waals surface area contributed by atoms with Crippen molar-refractivity contribution in [2.24, 2.45) is 5.92 Å². The Bertz CT molecular complexity index is 588. The van der Waals surface area contributed by atoms with Crippen LogP contribution in [0.1, 0.15) is 30.6 Å². The quantitative estimate of drug-likeness (QED) is 0.850. The molecule has 6 heteroatoms. The number of amides is 1. The van der Waals surface area contributed by atoms with E-state index in [1.54, 1.807) is 17.0 Å². The highest BCUT2D eigenvalue weighted by Crippen LogP contribution is 2.38. The summed E-state index contributed by atoms with van der Waals surface area (Å²) in [6.07, 6.45) is 0.386. The van der Waals surface area contributed by atoms with Gasteiger partial charge in [-0.2, -0.15) is 0 Å². The van der Waals surface area contributed by atoms with Gasteiger partial charge in [-0.05, 0) is 19.1 Å². The Labute approximate surface area is 136 Å². The minimum atomic E-state index is -0.142. The number of methoxy groups -OCH3 is 3. The van der Waals surface area contributed by atoms with Gasteiger partial charge in [-0.15, -0.1) is 0 Å². The Kier molecular flexibility index (Phi) is 5.13. The van der Waals surface area contributed by atoms with Gasteiger partial charge in [0.1, 0.15) is 5.78 Å². The van der Waals surface area contributed by atoms with Crippen LogP contribution in [0.3, 0.4) is 0 Å². The van der Waals surface area contributed by atoms with E-state index in [9.17, 15) is 9.59 Å². The molecular formula is C17H23NO5. The Morgan fingerprint density at radius 1 is 1.09 bits per heavy atom. The third-order valence-corrected chi connectivity index (χ3v) is 4.22. The maximum Gasteiger partial charge on any atom is 0.254 e. The van der Waals surface area contributed by atoms with Crippen molar-refractivity contribution in [1.82, 2.24) is 4.90 Å². The fraction of sp³-hybridized carbons (Fsp3) is 0.529. The van der Waals surface area contributed by atoms with Crippen LogP contribution in [0.15, 0.2) is 12.1 Å². The maximum absolute atomic E-state index is 12.9. The molecule has 1 amide bonds. The number of carbonyl (C=O) groups excluding carboxylic acids is 2. The number of likely N-dealkylation sites (tertiary alicyclic amines) is 1. The van der Waals surface area contributed by atoms with Crippen LogP contribution in [0, 0.1) is 5.92 Å². The lowest BCUT2D eigenvalue weighted by Gasteiger charge is -2.36. The van der Waals surface area contributed by atoms with E-state index >= 15 is 0 Å². The van der Waals surface area contributed by atoms with Crippen LogP contribution in [-0.4, -0.2) is 50.5 Å². The highest BCUT2D eigenvalue weighted by atomic mass is 16.5. The van der Waals surface area contributed by atoms with Gasteiger partial charge >= 0.3 is 0 Å². The first-order valence-corrected chi connectivity index (χ1v) is 7.56. The second kappa shape index (κ2) is 6.89. The lowest BCUT2D eigenvalue weighted by Crippen LogP contribution is -2.48. The number of nitrogens with zero attached hydrogens (tertiary/aromatic N) is 1. The molecule has 2 rings (SSSR count). The third-order valence-electron chi connectivity index (χ3n) is 4.22. The third kappa shape index (κ3) is 3.25. The Balaban J connectivity index is 2.37. The van der Waals surface area contributed by atoms with Gasteiger partial charge in [0.05, 0.1) is 21.3 Å². The fourth-order valence-electron chi connectivity index (χ4n) is 2.83. The van der Waals surface area contributed by atoms with Crippen molar-refractivity contribution in [3.63, 3.8) is 0 Å². The summed E-state index contributed by atoms with van der Waals surface area (Å²) in [5, 5.41) is 0. The summed E-state index contributed by atoms with van der Waals surface area (Å²) in [7, 11) is 4.54. The molecule has 0 bridgehead atoms. The first-order chi connectivity index (χ1) is 10.9. The number of rotatable bonds is 4. The summed E-state index contributed by atoms with van der Waals surface area (Å²) in [6.45, 7) is 4.17. The molecule has 1 aromatic carbocycles. The average Bonchev–Trinajstić information content (AvgIpc) is 2.55. The number of ether oxygens (including phenoxy) is 3. The summed E-state index contributed by atoms with van der Waals surface area (Å²) in [4.78, 5) is 26.4. The van der Waals surface area contributed by atoms with Crippen molar-refractivity contribution >= 4 is 11.7 Å². The molecule has 1 fully saturated rings. The summed E-state index contributed by atoms with van der Waals surface area (Å²) in [5.74, 6) is 1.23. The van der Waals surface area contributed by atoms with E-state index in [4.69, 9.17) is 14.2 Å². The van der Waals surface area contributed by atoms with Gasteiger partial charge in [-0.3, -0.25) is 9.59 Å². The number of piperidine rings is 1. The van der Waals surface area contributed by atoms with Gasteiger partial charge in [0, 0.05) is 30.5 Å². The van der Waals surface area contributed by atoms with Gasteiger partial charge < -0.3 is 19.1 Å². The van der Waals surface area contributed by atoms with Gasteiger partial charge in [0.15, 0.2) is 11.5 Å². The van der Waals surface area contributed by atoms with Crippen LogP contribution in [-0.2, 0) is 4.79 Å². The first kappa shape index (κ1) is 17.1. The van der Waals surface area contributed by atoms with Crippen molar-refractivity contribution < 1.29 is 23.8 Å². The summed E-state index contributed by atoms with van der Waals surface area (Å²) in [6, 6.07) is 3.15. The van der Waals surface area contributed by atoms with Crippen molar-refractivity contribution in [1.29, 1.82) is 0 Å². The molecule has 1 aromatic rings. The molecule has 0 unspecified atom stereocenters. The highest BCUT2D eigenvalue weighted by Gasteiger charge is 2.33. The number of hydrogen-bond donors (Lipinski definition) is 0. The second-order valence-electron chi connectivity index (χ2n) is 5.79. The molecule has 1 aliphatic rings. The Hall–Kier alpha value is -2.24. The van der Waals surface area contributed by atoms with Crippen LogP contribution in [0.25, 0.3) is 0 Å². The number of Topliss-reactive ketones (excluding diaryl/α,β-unsaturated/α-hetero) is 1. The van der Waals surface area contributed by atoms with Crippen LogP contribution in [0.5, 0.6) is 17.2 Å². The van der Waals surface area contributed by atoms with Crippen LogP contribution < -0.4 is 14.2 Å². The largest absolute Gasteiger partial charge is 0.493 e. The monoisotopic (exact) mass is 321 g/mol. The number of carbonyl (C=O) groups is 2. The van der Waals surface area contributed by atoms with E-state index in [0.717, 1.165) is 0 Å². The lowest BCUT2D eigenvalue weighted by atomic mass is 9.93. The first-order valence-electron chi connectivity index (χ1n) is 7.56. The number of hydrogen-bond acceptors (Lipinski definition) is 5. The summed E-state index contributed by atoms with van der Waals surface area (Å²) < 4.78 is 15.9. The molecule has 0 aliphatic carbocycles. The van der Waals surface area contributed by atoms with Crippen LogP contribution >= 0.6 is 0 Å². The standard InChI is InChI=1S/C17H23NO5/c1-10-9-18(11(2)6-13(10)19)17(20)12-7-14(21-3)16(23-5)15(8-12)22-4/h7-8,10-11H,6,9H2,1-5H3/t10-,11-/m0/s1. The average molecular weight is 321 g/mol. The van der Waals surface area contributed by atoms with E-state index in [2.05, 4.69) is 0 Å².